The van der Waals surface area contributed by atoms with Gasteiger partial charge in [0, 0.05) is 38.8 Å². The molecule has 4 atom stereocenters. The number of hydrogen-bond acceptors (Lipinski definition) is 5. The quantitative estimate of drug-likeness (QED) is 0.0448. The van der Waals surface area contributed by atoms with Crippen molar-refractivity contribution in [3.63, 3.8) is 0 Å². The molecule has 3 fully saturated rings. The van der Waals surface area contributed by atoms with Crippen LogP contribution in [-0.4, -0.2) is 61.0 Å². The van der Waals surface area contributed by atoms with Crippen molar-refractivity contribution in [3.05, 3.63) is 97.2 Å². The molecule has 0 aromatic carbocycles. The third kappa shape index (κ3) is 41.2. The van der Waals surface area contributed by atoms with E-state index in [-0.39, 0.29) is 24.4 Å². The first-order valence-electron chi connectivity index (χ1n) is 38.1. The number of hydrogen-bond donors (Lipinski definition) is 0. The summed E-state index contributed by atoms with van der Waals surface area (Å²) in [6.45, 7) is 10.9. The number of likely N-dealkylation sites (tertiary alicyclic amines) is 1. The van der Waals surface area contributed by atoms with Crippen LogP contribution >= 0.6 is 0 Å². The second kappa shape index (κ2) is 56.7. The average Bonchev–Trinajstić information content (AvgIpc) is 1.91. The van der Waals surface area contributed by atoms with Crippen molar-refractivity contribution in [3.8, 4) is 0 Å². The fraction of sp³-hybridized carbons (Fsp3) is 0.802. The SMILES string of the molecule is CCCCC/C=C\C/C=C\CCCCCCCCC1(CCCCCCCC/C=C\C/C=C\CCCCC)O[C@H]2[C@@H]3OC(CCCCCCCC/C=C\C/C=C\CCCCC)(CCCCCCCC/C=C\C/C=C\CCCCC)O[C@@H]3CN(C)C[C@H]2O1. The first-order valence-corrected chi connectivity index (χ1v) is 38.1. The summed E-state index contributed by atoms with van der Waals surface area (Å²) in [7, 11) is 2.28. The van der Waals surface area contributed by atoms with Gasteiger partial charge in [-0.15, -0.1) is 0 Å². The van der Waals surface area contributed by atoms with Crippen LogP contribution in [0.2, 0.25) is 0 Å². The van der Waals surface area contributed by atoms with E-state index in [9.17, 15) is 0 Å². The fourth-order valence-electron chi connectivity index (χ4n) is 13.2. The molecule has 3 saturated heterocycles. The van der Waals surface area contributed by atoms with E-state index in [0.29, 0.717) is 0 Å². The number of likely N-dealkylation sites (N-methyl/N-ethyl adjacent to an activating group) is 1. The molecule has 3 aliphatic heterocycles. The Hall–Kier alpha value is -2.28. The smallest absolute Gasteiger partial charge is 0.169 e. The predicted molar refractivity (Wildman–Crippen MR) is 378 cm³/mol. The van der Waals surface area contributed by atoms with E-state index in [2.05, 4.69) is 137 Å². The van der Waals surface area contributed by atoms with Gasteiger partial charge in [-0.1, -0.05) is 279 Å². The normalized spacial score (nSPS) is 20.0. The third-order valence-electron chi connectivity index (χ3n) is 18.5. The van der Waals surface area contributed by atoms with Crippen molar-refractivity contribution in [2.45, 2.75) is 398 Å². The zero-order valence-corrected chi connectivity index (χ0v) is 57.8. The molecule has 0 aromatic heterocycles. The summed E-state index contributed by atoms with van der Waals surface area (Å²) >= 11 is 0. The van der Waals surface area contributed by atoms with Gasteiger partial charge in [-0.3, -0.25) is 0 Å². The first kappa shape index (κ1) is 78.0. The van der Waals surface area contributed by atoms with Crippen molar-refractivity contribution in [1.29, 1.82) is 0 Å². The summed E-state index contributed by atoms with van der Waals surface area (Å²) in [5.41, 5.74) is 0. The van der Waals surface area contributed by atoms with Gasteiger partial charge < -0.3 is 23.8 Å². The van der Waals surface area contributed by atoms with Gasteiger partial charge in [-0.2, -0.15) is 0 Å². The Bertz CT molecular complexity index is 1520. The minimum atomic E-state index is -0.529. The van der Waals surface area contributed by atoms with Crippen LogP contribution in [0.15, 0.2) is 97.2 Å². The van der Waals surface area contributed by atoms with Crippen LogP contribution in [0.1, 0.15) is 362 Å². The van der Waals surface area contributed by atoms with E-state index in [4.69, 9.17) is 18.9 Å². The lowest BCUT2D eigenvalue weighted by molar-refractivity contribution is -0.211. The van der Waals surface area contributed by atoms with E-state index in [1.54, 1.807) is 0 Å². The molecular weight excluding hydrogens is 1050 g/mol. The molecule has 0 unspecified atom stereocenters. The predicted octanol–water partition coefficient (Wildman–Crippen LogP) is 25.7. The third-order valence-corrected chi connectivity index (χ3v) is 18.5. The number of fused-ring (bicyclic) bond motifs is 3. The number of rotatable bonds is 60. The van der Waals surface area contributed by atoms with Gasteiger partial charge in [-0.05, 0) is 161 Å². The van der Waals surface area contributed by atoms with Crippen molar-refractivity contribution in [2.75, 3.05) is 20.1 Å². The Morgan fingerprint density at radius 1 is 0.256 bits per heavy atom. The molecule has 5 nitrogen and oxygen atoms in total. The van der Waals surface area contributed by atoms with Crippen LogP contribution in [0.25, 0.3) is 0 Å². The average molecular weight is 1200 g/mol. The van der Waals surface area contributed by atoms with E-state index < -0.39 is 11.6 Å². The molecule has 3 rings (SSSR count). The second-order valence-electron chi connectivity index (χ2n) is 26.9. The number of ether oxygens (including phenoxy) is 4. The standard InChI is InChI=1S/C81H143NO4/c1-6-10-14-18-22-26-30-34-38-42-46-50-54-58-62-66-70-80(71-67-63-59-55-51-47-43-39-35-31-27-23-19-15-11-7-2)83-76-74-82(5)75-77-79(78(76)85-80)86-81(84-77,72-68-64-60-56-52-48-44-40-36-32-28-24-20-16-12-8-3)73-69-65-61-57-53-49-45-41-37-33-29-25-21-17-13-9-4/h22-29,34-41,76-79H,6-21,30-33,42-75H2,1-5H3/b26-22-,27-23-,28-24-,29-25-,38-34-,39-35-,40-36-,41-37-/t76-,77-,78-,79-/m1/s1. The maximum atomic E-state index is 7.51. The molecule has 0 aromatic rings. The molecular formula is C81H143NO4. The minimum Gasteiger partial charge on any atom is -0.343 e. The summed E-state index contributed by atoms with van der Waals surface area (Å²) < 4.78 is 29.8. The van der Waals surface area contributed by atoms with Gasteiger partial charge in [0.05, 0.1) is 0 Å². The highest BCUT2D eigenvalue weighted by Crippen LogP contribution is 2.47. The van der Waals surface area contributed by atoms with Crippen molar-refractivity contribution in [1.82, 2.24) is 4.90 Å². The van der Waals surface area contributed by atoms with Crippen LogP contribution in [0.3, 0.4) is 0 Å². The zero-order chi connectivity index (χ0) is 61.2. The molecule has 0 N–H and O–H groups in total. The minimum absolute atomic E-state index is 0.00678. The number of allylic oxidation sites excluding steroid dienone is 16. The van der Waals surface area contributed by atoms with Gasteiger partial charge >= 0.3 is 0 Å². The fourth-order valence-corrected chi connectivity index (χ4v) is 13.2. The molecule has 86 heavy (non-hydrogen) atoms. The molecule has 3 aliphatic rings. The van der Waals surface area contributed by atoms with E-state index in [0.717, 1.165) is 64.5 Å². The van der Waals surface area contributed by atoms with Crippen LogP contribution in [0.5, 0.6) is 0 Å². The van der Waals surface area contributed by atoms with Crippen molar-refractivity contribution < 1.29 is 18.9 Å². The maximum absolute atomic E-state index is 7.51. The van der Waals surface area contributed by atoms with Crippen molar-refractivity contribution in [2.24, 2.45) is 0 Å². The Kier molecular flexibility index (Phi) is 51.4. The van der Waals surface area contributed by atoms with E-state index in [1.165, 1.54) is 283 Å². The highest BCUT2D eigenvalue weighted by molar-refractivity contribution is 5.03. The molecule has 0 bridgehead atoms. The first-order chi connectivity index (χ1) is 42.5. The van der Waals surface area contributed by atoms with E-state index >= 15 is 0 Å². The van der Waals surface area contributed by atoms with Crippen LogP contribution in [0, 0.1) is 0 Å². The molecule has 0 spiro atoms. The van der Waals surface area contributed by atoms with Gasteiger partial charge in [0.25, 0.3) is 0 Å². The molecule has 496 valence electrons. The monoisotopic (exact) mass is 1190 g/mol. The summed E-state index contributed by atoms with van der Waals surface area (Å²) in [5, 5.41) is 0. The summed E-state index contributed by atoms with van der Waals surface area (Å²) in [5.74, 6) is -1.06. The second-order valence-corrected chi connectivity index (χ2v) is 26.9. The molecule has 0 aliphatic carbocycles. The Morgan fingerprint density at radius 2 is 0.453 bits per heavy atom. The number of nitrogens with zero attached hydrogens (tertiary/aromatic N) is 1. The Balaban J connectivity index is 1.58. The lowest BCUT2D eigenvalue weighted by Gasteiger charge is -2.31. The van der Waals surface area contributed by atoms with Gasteiger partial charge in [-0.25, -0.2) is 0 Å². The highest BCUT2D eigenvalue weighted by atomic mass is 16.8. The lowest BCUT2D eigenvalue weighted by Crippen LogP contribution is -2.42. The van der Waals surface area contributed by atoms with Crippen LogP contribution < -0.4 is 0 Å². The van der Waals surface area contributed by atoms with Gasteiger partial charge in [0.2, 0.25) is 0 Å². The summed E-state index contributed by atoms with van der Waals surface area (Å²) in [6, 6.07) is 0. The highest BCUT2D eigenvalue weighted by Gasteiger charge is 2.59. The lowest BCUT2D eigenvalue weighted by atomic mass is 9.98. The molecule has 0 saturated carbocycles. The molecule has 0 radical (unpaired) electrons. The van der Waals surface area contributed by atoms with Crippen LogP contribution in [0.4, 0.5) is 0 Å². The maximum Gasteiger partial charge on any atom is 0.169 e. The summed E-state index contributed by atoms with van der Waals surface area (Å²) in [4.78, 5) is 2.48. The van der Waals surface area contributed by atoms with E-state index in [1.807, 2.05) is 0 Å². The Labute approximate surface area is 536 Å². The van der Waals surface area contributed by atoms with Gasteiger partial charge in [0.1, 0.15) is 24.4 Å². The molecule has 0 amide bonds. The summed E-state index contributed by atoms with van der Waals surface area (Å²) in [6.07, 6.45) is 102. The molecule has 3 heterocycles. The largest absolute Gasteiger partial charge is 0.343 e. The topological polar surface area (TPSA) is 40.2 Å². The van der Waals surface area contributed by atoms with Crippen molar-refractivity contribution >= 4 is 0 Å². The Morgan fingerprint density at radius 3 is 0.674 bits per heavy atom. The molecule has 5 heteroatoms. The number of unbranched alkanes of at least 4 members (excludes halogenated alkanes) is 36. The van der Waals surface area contributed by atoms with Crippen LogP contribution in [-0.2, 0) is 18.9 Å². The van der Waals surface area contributed by atoms with Gasteiger partial charge in [0.15, 0.2) is 11.6 Å². The zero-order valence-electron chi connectivity index (χ0n) is 57.8.